The van der Waals surface area contributed by atoms with Crippen molar-refractivity contribution >= 4 is 49.4 Å². The number of rotatable bonds is 2. The van der Waals surface area contributed by atoms with Gasteiger partial charge in [-0.05, 0) is 37.9 Å². The molecular weight excluding hydrogens is 337 g/mol. The van der Waals surface area contributed by atoms with Crippen LogP contribution in [-0.4, -0.2) is 18.1 Å². The summed E-state index contributed by atoms with van der Waals surface area (Å²) in [6, 6.07) is 1.76. The fourth-order valence-electron chi connectivity index (χ4n) is 0.827. The van der Waals surface area contributed by atoms with Crippen molar-refractivity contribution in [3.8, 4) is 0 Å². The molecule has 0 N–H and O–H groups in total. The minimum absolute atomic E-state index is 0.446. The van der Waals surface area contributed by atoms with Crippen LogP contribution < -0.4 is 0 Å². The molecule has 0 radical (unpaired) electrons. The third-order valence-corrected chi connectivity index (χ3v) is 2.94. The lowest BCUT2D eigenvalue weighted by Crippen LogP contribution is -2.10. The Morgan fingerprint density at radius 1 is 1.64 bits per heavy atom. The zero-order chi connectivity index (χ0) is 10.7. The maximum atomic E-state index is 11.1. The van der Waals surface area contributed by atoms with Gasteiger partial charge in [-0.1, -0.05) is 0 Å². The molecule has 6 heteroatoms. The molecule has 0 saturated heterocycles. The van der Waals surface area contributed by atoms with Crippen molar-refractivity contribution in [2.75, 3.05) is 7.11 Å². The number of alkyl halides is 1. The van der Waals surface area contributed by atoms with E-state index in [0.717, 1.165) is 4.47 Å². The van der Waals surface area contributed by atoms with E-state index in [9.17, 15) is 4.79 Å². The standard InChI is InChI=1S/C8H6Br2ClNO2/c1-14-8(13)6(11)7-5(10)2-4(9)3-12-7/h2-3,6H,1H3. The third kappa shape index (κ3) is 2.68. The van der Waals surface area contributed by atoms with Gasteiger partial charge >= 0.3 is 5.97 Å². The SMILES string of the molecule is COC(=O)C(Cl)c1ncc(Br)cc1Br. The monoisotopic (exact) mass is 341 g/mol. The van der Waals surface area contributed by atoms with Gasteiger partial charge in [0.25, 0.3) is 0 Å². The lowest BCUT2D eigenvalue weighted by molar-refractivity contribution is -0.140. The first-order valence-electron chi connectivity index (χ1n) is 3.59. The smallest absolute Gasteiger partial charge is 0.330 e. The molecule has 1 rings (SSSR count). The maximum absolute atomic E-state index is 11.1. The molecule has 0 amide bonds. The van der Waals surface area contributed by atoms with Crippen LogP contribution in [0.1, 0.15) is 11.1 Å². The van der Waals surface area contributed by atoms with Crippen LogP contribution in [0.3, 0.4) is 0 Å². The second-order valence-electron chi connectivity index (χ2n) is 2.41. The highest BCUT2D eigenvalue weighted by Gasteiger charge is 2.22. The van der Waals surface area contributed by atoms with Gasteiger partial charge in [0.1, 0.15) is 0 Å². The first-order chi connectivity index (χ1) is 6.56. The van der Waals surface area contributed by atoms with Crippen molar-refractivity contribution in [1.82, 2.24) is 4.98 Å². The van der Waals surface area contributed by atoms with Gasteiger partial charge in [0, 0.05) is 15.1 Å². The van der Waals surface area contributed by atoms with Crippen molar-refractivity contribution in [3.63, 3.8) is 0 Å². The number of halogens is 3. The van der Waals surface area contributed by atoms with Gasteiger partial charge < -0.3 is 4.74 Å². The number of methoxy groups -OCH3 is 1. The molecule has 0 spiro atoms. The van der Waals surface area contributed by atoms with E-state index in [1.165, 1.54) is 7.11 Å². The Hall–Kier alpha value is -0.130. The van der Waals surface area contributed by atoms with Crippen molar-refractivity contribution in [3.05, 3.63) is 26.9 Å². The molecule has 0 aliphatic carbocycles. The molecule has 76 valence electrons. The number of pyridine rings is 1. The van der Waals surface area contributed by atoms with E-state index in [0.29, 0.717) is 10.2 Å². The van der Waals surface area contributed by atoms with Crippen LogP contribution in [0.5, 0.6) is 0 Å². The molecule has 1 heterocycles. The summed E-state index contributed by atoms with van der Waals surface area (Å²) in [5.41, 5.74) is 0.446. The maximum Gasteiger partial charge on any atom is 0.330 e. The fraction of sp³-hybridized carbons (Fsp3) is 0.250. The van der Waals surface area contributed by atoms with Gasteiger partial charge in [-0.3, -0.25) is 9.78 Å². The van der Waals surface area contributed by atoms with Gasteiger partial charge in [0.05, 0.1) is 12.8 Å². The number of hydrogen-bond acceptors (Lipinski definition) is 3. The second kappa shape index (κ2) is 5.09. The number of carbonyl (C=O) groups is 1. The first kappa shape index (κ1) is 11.9. The van der Waals surface area contributed by atoms with Crippen LogP contribution in [0.25, 0.3) is 0 Å². The van der Waals surface area contributed by atoms with Crippen LogP contribution in [0.2, 0.25) is 0 Å². The van der Waals surface area contributed by atoms with Gasteiger partial charge in [-0.2, -0.15) is 0 Å². The van der Waals surface area contributed by atoms with Crippen LogP contribution in [0, 0.1) is 0 Å². The van der Waals surface area contributed by atoms with Gasteiger partial charge in [0.2, 0.25) is 0 Å². The molecule has 1 aromatic heterocycles. The van der Waals surface area contributed by atoms with E-state index in [1.54, 1.807) is 12.3 Å². The Morgan fingerprint density at radius 2 is 2.29 bits per heavy atom. The summed E-state index contributed by atoms with van der Waals surface area (Å²) in [5.74, 6) is -0.526. The van der Waals surface area contributed by atoms with Crippen molar-refractivity contribution < 1.29 is 9.53 Å². The molecule has 1 aromatic rings. The average molecular weight is 343 g/mol. The second-order valence-corrected chi connectivity index (χ2v) is 4.61. The summed E-state index contributed by atoms with van der Waals surface area (Å²) in [4.78, 5) is 15.1. The average Bonchev–Trinajstić information content (AvgIpc) is 2.15. The molecule has 0 bridgehead atoms. The lowest BCUT2D eigenvalue weighted by Gasteiger charge is -2.08. The zero-order valence-corrected chi connectivity index (χ0v) is 11.1. The summed E-state index contributed by atoms with van der Waals surface area (Å²) in [7, 11) is 1.28. The van der Waals surface area contributed by atoms with Crippen LogP contribution in [0.15, 0.2) is 21.2 Å². The number of carbonyl (C=O) groups excluding carboxylic acids is 1. The number of aromatic nitrogens is 1. The quantitative estimate of drug-likeness (QED) is 0.612. The summed E-state index contributed by atoms with van der Waals surface area (Å²) >= 11 is 12.3. The summed E-state index contributed by atoms with van der Waals surface area (Å²) in [6.45, 7) is 0. The number of nitrogens with zero attached hydrogens (tertiary/aromatic N) is 1. The predicted octanol–water partition coefficient (Wildman–Crippen LogP) is 3.06. The van der Waals surface area contributed by atoms with Crippen LogP contribution >= 0.6 is 43.5 Å². The Labute approximate surface area is 103 Å². The summed E-state index contributed by atoms with van der Waals surface area (Å²) < 4.78 is 5.98. The fourth-order valence-corrected chi connectivity index (χ4v) is 2.44. The predicted molar refractivity (Wildman–Crippen MR) is 60.2 cm³/mol. The highest BCUT2D eigenvalue weighted by atomic mass is 79.9. The number of esters is 1. The van der Waals surface area contributed by atoms with Crippen LogP contribution in [-0.2, 0) is 9.53 Å². The van der Waals surface area contributed by atoms with Crippen LogP contribution in [0.4, 0.5) is 0 Å². The van der Waals surface area contributed by atoms with E-state index < -0.39 is 11.3 Å². The molecule has 0 aliphatic rings. The first-order valence-corrected chi connectivity index (χ1v) is 5.61. The highest BCUT2D eigenvalue weighted by molar-refractivity contribution is 9.11. The number of ether oxygens (including phenoxy) is 1. The molecular formula is C8H6Br2ClNO2. The lowest BCUT2D eigenvalue weighted by atomic mass is 10.3. The molecule has 0 fully saturated rings. The van der Waals surface area contributed by atoms with Crippen molar-refractivity contribution in [1.29, 1.82) is 0 Å². The molecule has 0 aliphatic heterocycles. The van der Waals surface area contributed by atoms with Gasteiger partial charge in [-0.25, -0.2) is 0 Å². The molecule has 14 heavy (non-hydrogen) atoms. The van der Waals surface area contributed by atoms with Gasteiger partial charge in [-0.15, -0.1) is 11.6 Å². The van der Waals surface area contributed by atoms with E-state index in [-0.39, 0.29) is 0 Å². The Morgan fingerprint density at radius 3 is 2.79 bits per heavy atom. The minimum Gasteiger partial charge on any atom is -0.468 e. The van der Waals surface area contributed by atoms with E-state index in [1.807, 2.05) is 0 Å². The summed E-state index contributed by atoms with van der Waals surface area (Å²) in [6.07, 6.45) is 1.57. The van der Waals surface area contributed by atoms with Gasteiger partial charge in [0.15, 0.2) is 5.38 Å². The number of hydrogen-bond donors (Lipinski definition) is 0. The molecule has 1 unspecified atom stereocenters. The largest absolute Gasteiger partial charge is 0.468 e. The zero-order valence-electron chi connectivity index (χ0n) is 7.13. The Bertz CT molecular complexity index is 359. The van der Waals surface area contributed by atoms with E-state index >= 15 is 0 Å². The molecule has 1 atom stereocenters. The van der Waals surface area contributed by atoms with Crippen molar-refractivity contribution in [2.45, 2.75) is 5.38 Å². The van der Waals surface area contributed by atoms with E-state index in [2.05, 4.69) is 41.6 Å². The topological polar surface area (TPSA) is 39.2 Å². The highest BCUT2D eigenvalue weighted by Crippen LogP contribution is 2.28. The Kier molecular flexibility index (Phi) is 4.34. The summed E-state index contributed by atoms with van der Waals surface area (Å²) in [5, 5.41) is -0.887. The minimum atomic E-state index is -0.887. The molecule has 3 nitrogen and oxygen atoms in total. The normalized spacial score (nSPS) is 12.3. The Balaban J connectivity index is 3.01. The molecule has 0 saturated carbocycles. The third-order valence-electron chi connectivity index (χ3n) is 1.48. The molecule has 0 aromatic carbocycles. The van der Waals surface area contributed by atoms with E-state index in [4.69, 9.17) is 11.6 Å². The van der Waals surface area contributed by atoms with Crippen molar-refractivity contribution in [2.24, 2.45) is 0 Å².